The second-order valence-corrected chi connectivity index (χ2v) is 4.57. The van der Waals surface area contributed by atoms with Gasteiger partial charge in [-0.15, -0.1) is 0 Å². The molecule has 4 heteroatoms. The molecule has 0 aliphatic carbocycles. The number of ether oxygens (including phenoxy) is 1. The van der Waals surface area contributed by atoms with E-state index < -0.39 is 0 Å². The fraction of sp³-hybridized carbons (Fsp3) is 0.267. The minimum Gasteiger partial charge on any atom is -0.497 e. The lowest BCUT2D eigenvalue weighted by Gasteiger charge is -2.20. The van der Waals surface area contributed by atoms with Gasteiger partial charge in [0.2, 0.25) is 0 Å². The summed E-state index contributed by atoms with van der Waals surface area (Å²) in [4.78, 5) is 4.03. The van der Waals surface area contributed by atoms with Gasteiger partial charge < -0.3 is 10.1 Å². The number of methoxy groups -OCH3 is 1. The molecule has 2 aromatic rings. The van der Waals surface area contributed by atoms with Crippen molar-refractivity contribution < 1.29 is 4.74 Å². The van der Waals surface area contributed by atoms with Gasteiger partial charge in [0.25, 0.3) is 0 Å². The molecule has 0 spiro atoms. The highest BCUT2D eigenvalue weighted by atomic mass is 35.5. The SMILES string of the molecule is CCNC(c1ccc(OC)cc1)c1ccncc1Cl. The molecule has 1 N–H and O–H groups in total. The maximum Gasteiger partial charge on any atom is 0.118 e. The van der Waals surface area contributed by atoms with E-state index in [1.165, 1.54) is 0 Å². The summed E-state index contributed by atoms with van der Waals surface area (Å²) in [6, 6.07) is 10.0. The van der Waals surface area contributed by atoms with Gasteiger partial charge in [-0.3, -0.25) is 4.98 Å². The summed E-state index contributed by atoms with van der Waals surface area (Å²) in [5.74, 6) is 0.847. The molecule has 0 saturated carbocycles. The Morgan fingerprint density at radius 3 is 2.58 bits per heavy atom. The molecule has 0 bridgehead atoms. The molecule has 3 nitrogen and oxygen atoms in total. The predicted molar refractivity (Wildman–Crippen MR) is 77.8 cm³/mol. The largest absolute Gasteiger partial charge is 0.497 e. The minimum absolute atomic E-state index is 0.0615. The van der Waals surface area contributed by atoms with Crippen molar-refractivity contribution in [2.75, 3.05) is 13.7 Å². The van der Waals surface area contributed by atoms with Crippen LogP contribution in [0.25, 0.3) is 0 Å². The summed E-state index contributed by atoms with van der Waals surface area (Å²) >= 11 is 6.24. The summed E-state index contributed by atoms with van der Waals surface area (Å²) in [5.41, 5.74) is 2.18. The number of hydrogen-bond acceptors (Lipinski definition) is 3. The van der Waals surface area contributed by atoms with E-state index in [4.69, 9.17) is 16.3 Å². The molecule has 1 unspecified atom stereocenters. The molecule has 19 heavy (non-hydrogen) atoms. The molecule has 1 atom stereocenters. The van der Waals surface area contributed by atoms with Crippen LogP contribution < -0.4 is 10.1 Å². The third-order valence-corrected chi connectivity index (χ3v) is 3.29. The number of nitrogens with zero attached hydrogens (tertiary/aromatic N) is 1. The molecule has 1 aromatic heterocycles. The molecule has 100 valence electrons. The fourth-order valence-corrected chi connectivity index (χ4v) is 2.26. The van der Waals surface area contributed by atoms with Crippen LogP contribution in [0.3, 0.4) is 0 Å². The van der Waals surface area contributed by atoms with Crippen molar-refractivity contribution in [1.82, 2.24) is 10.3 Å². The van der Waals surface area contributed by atoms with Crippen LogP contribution in [0.15, 0.2) is 42.7 Å². The molecule has 2 rings (SSSR count). The van der Waals surface area contributed by atoms with Gasteiger partial charge in [0.1, 0.15) is 5.75 Å². The lowest BCUT2D eigenvalue weighted by atomic mass is 9.99. The van der Waals surface area contributed by atoms with E-state index in [0.717, 1.165) is 23.4 Å². The van der Waals surface area contributed by atoms with E-state index in [0.29, 0.717) is 5.02 Å². The van der Waals surface area contributed by atoms with Gasteiger partial charge >= 0.3 is 0 Å². The zero-order chi connectivity index (χ0) is 13.7. The van der Waals surface area contributed by atoms with E-state index in [1.807, 2.05) is 30.3 Å². The average Bonchev–Trinajstić information content (AvgIpc) is 2.46. The highest BCUT2D eigenvalue weighted by Crippen LogP contribution is 2.28. The molecule has 0 amide bonds. The molecular formula is C15H17ClN2O. The number of benzene rings is 1. The standard InChI is InChI=1S/C15H17ClN2O/c1-3-18-15(13-8-9-17-10-14(13)16)11-4-6-12(19-2)7-5-11/h4-10,15,18H,3H2,1-2H3. The molecule has 0 aliphatic heterocycles. The van der Waals surface area contributed by atoms with Gasteiger partial charge in [-0.2, -0.15) is 0 Å². The van der Waals surface area contributed by atoms with Crippen molar-refractivity contribution in [3.63, 3.8) is 0 Å². The van der Waals surface area contributed by atoms with Gasteiger partial charge in [-0.05, 0) is 35.9 Å². The van der Waals surface area contributed by atoms with Crippen LogP contribution >= 0.6 is 11.6 Å². The third-order valence-electron chi connectivity index (χ3n) is 2.97. The Morgan fingerprint density at radius 2 is 2.00 bits per heavy atom. The number of halogens is 1. The monoisotopic (exact) mass is 276 g/mol. The Hall–Kier alpha value is -1.58. The first kappa shape index (κ1) is 13.8. The number of pyridine rings is 1. The highest BCUT2D eigenvalue weighted by molar-refractivity contribution is 6.31. The van der Waals surface area contributed by atoms with Crippen LogP contribution in [-0.4, -0.2) is 18.6 Å². The highest BCUT2D eigenvalue weighted by Gasteiger charge is 2.15. The topological polar surface area (TPSA) is 34.1 Å². The van der Waals surface area contributed by atoms with Crippen molar-refractivity contribution in [3.8, 4) is 5.75 Å². The van der Waals surface area contributed by atoms with Crippen LogP contribution in [0.1, 0.15) is 24.1 Å². The third kappa shape index (κ3) is 3.25. The van der Waals surface area contributed by atoms with E-state index >= 15 is 0 Å². The Morgan fingerprint density at radius 1 is 1.26 bits per heavy atom. The smallest absolute Gasteiger partial charge is 0.118 e. The Balaban J connectivity index is 2.36. The zero-order valence-electron chi connectivity index (χ0n) is 11.1. The number of nitrogens with one attached hydrogen (secondary N) is 1. The van der Waals surface area contributed by atoms with Crippen LogP contribution in [0.2, 0.25) is 5.02 Å². The van der Waals surface area contributed by atoms with Crippen molar-refractivity contribution in [3.05, 3.63) is 58.9 Å². The quantitative estimate of drug-likeness (QED) is 0.908. The van der Waals surface area contributed by atoms with Crippen molar-refractivity contribution >= 4 is 11.6 Å². The second kappa shape index (κ2) is 6.55. The van der Waals surface area contributed by atoms with Crippen molar-refractivity contribution in [2.45, 2.75) is 13.0 Å². The molecule has 1 heterocycles. The Kier molecular flexibility index (Phi) is 4.77. The summed E-state index contributed by atoms with van der Waals surface area (Å²) in [5, 5.41) is 4.11. The molecule has 1 aromatic carbocycles. The van der Waals surface area contributed by atoms with E-state index in [-0.39, 0.29) is 6.04 Å². The van der Waals surface area contributed by atoms with Crippen molar-refractivity contribution in [1.29, 1.82) is 0 Å². The van der Waals surface area contributed by atoms with Crippen LogP contribution in [0, 0.1) is 0 Å². The summed E-state index contributed by atoms with van der Waals surface area (Å²) in [7, 11) is 1.66. The first-order chi connectivity index (χ1) is 9.26. The number of aromatic nitrogens is 1. The average molecular weight is 277 g/mol. The van der Waals surface area contributed by atoms with Gasteiger partial charge in [0, 0.05) is 12.4 Å². The minimum atomic E-state index is 0.0615. The van der Waals surface area contributed by atoms with Gasteiger partial charge in [0.05, 0.1) is 18.2 Å². The molecule has 0 radical (unpaired) electrons. The first-order valence-corrected chi connectivity index (χ1v) is 6.60. The van der Waals surface area contributed by atoms with Gasteiger partial charge in [-0.25, -0.2) is 0 Å². The number of hydrogen-bond donors (Lipinski definition) is 1. The van der Waals surface area contributed by atoms with Gasteiger partial charge in [0.15, 0.2) is 0 Å². The maximum absolute atomic E-state index is 6.24. The first-order valence-electron chi connectivity index (χ1n) is 6.23. The van der Waals surface area contributed by atoms with Crippen molar-refractivity contribution in [2.24, 2.45) is 0 Å². The second-order valence-electron chi connectivity index (χ2n) is 4.16. The Labute approximate surface area is 118 Å². The normalized spacial score (nSPS) is 12.2. The zero-order valence-corrected chi connectivity index (χ0v) is 11.8. The van der Waals surface area contributed by atoms with Gasteiger partial charge in [-0.1, -0.05) is 30.7 Å². The summed E-state index contributed by atoms with van der Waals surface area (Å²) < 4.78 is 5.18. The van der Waals surface area contributed by atoms with E-state index in [1.54, 1.807) is 19.5 Å². The lowest BCUT2D eigenvalue weighted by Crippen LogP contribution is -2.22. The van der Waals surface area contributed by atoms with Crippen LogP contribution in [0.4, 0.5) is 0 Å². The summed E-state index contributed by atoms with van der Waals surface area (Å²) in [6.45, 7) is 2.93. The number of rotatable bonds is 5. The van der Waals surface area contributed by atoms with E-state index in [9.17, 15) is 0 Å². The summed E-state index contributed by atoms with van der Waals surface area (Å²) in [6.07, 6.45) is 3.43. The van der Waals surface area contributed by atoms with Crippen LogP contribution in [-0.2, 0) is 0 Å². The predicted octanol–water partition coefficient (Wildman–Crippen LogP) is 3.44. The lowest BCUT2D eigenvalue weighted by molar-refractivity contribution is 0.414. The Bertz CT molecular complexity index is 528. The molecule has 0 aliphatic rings. The van der Waals surface area contributed by atoms with E-state index in [2.05, 4.69) is 17.2 Å². The molecular weight excluding hydrogens is 260 g/mol. The fourth-order valence-electron chi connectivity index (χ4n) is 2.03. The molecule has 0 saturated heterocycles. The maximum atomic E-state index is 6.24. The molecule has 0 fully saturated rings. The van der Waals surface area contributed by atoms with Crippen LogP contribution in [0.5, 0.6) is 5.75 Å².